The molecule has 0 radical (unpaired) electrons. The fraction of sp³-hybridized carbons (Fsp3) is 0.381. The van der Waals surface area contributed by atoms with Crippen LogP contribution < -0.4 is 0 Å². The summed E-state index contributed by atoms with van der Waals surface area (Å²) >= 11 is 0. The average molecular weight is 438 g/mol. The summed E-state index contributed by atoms with van der Waals surface area (Å²) in [5.41, 5.74) is 0.303. The lowest BCUT2D eigenvalue weighted by atomic mass is 10.1. The molecule has 30 heavy (non-hydrogen) atoms. The van der Waals surface area contributed by atoms with Gasteiger partial charge in [-0.1, -0.05) is 24.3 Å². The summed E-state index contributed by atoms with van der Waals surface area (Å²) in [6.45, 7) is 2.87. The average Bonchev–Trinajstić information content (AvgIpc) is 2.75. The summed E-state index contributed by atoms with van der Waals surface area (Å²) in [5.74, 6) is -1.45. The van der Waals surface area contributed by atoms with Gasteiger partial charge in [-0.3, -0.25) is 9.69 Å². The Morgan fingerprint density at radius 3 is 2.30 bits per heavy atom. The van der Waals surface area contributed by atoms with Crippen LogP contribution in [0.1, 0.15) is 12.5 Å². The van der Waals surface area contributed by atoms with E-state index in [9.17, 15) is 22.0 Å². The highest BCUT2D eigenvalue weighted by Gasteiger charge is 2.32. The normalized spacial score (nSPS) is 16.6. The minimum absolute atomic E-state index is 0.154. The molecule has 1 aliphatic heterocycles. The Bertz CT molecular complexity index is 994. The van der Waals surface area contributed by atoms with Crippen LogP contribution in [0.2, 0.25) is 0 Å². The second kappa shape index (κ2) is 9.20. The first kappa shape index (κ1) is 22.3. The number of likely N-dealkylation sites (N-methyl/N-ethyl adjacent to an activating group) is 1. The maximum atomic E-state index is 13.9. The van der Waals surface area contributed by atoms with Crippen LogP contribution in [-0.4, -0.2) is 67.7 Å². The van der Waals surface area contributed by atoms with E-state index in [1.54, 1.807) is 54.1 Å². The molecule has 9 heteroatoms. The maximum Gasteiger partial charge on any atom is 0.243 e. The smallest absolute Gasteiger partial charge is 0.243 e. The molecule has 0 unspecified atom stereocenters. The van der Waals surface area contributed by atoms with Gasteiger partial charge in [-0.05, 0) is 32.2 Å². The minimum atomic E-state index is -3.58. The van der Waals surface area contributed by atoms with E-state index < -0.39 is 27.7 Å². The lowest BCUT2D eigenvalue weighted by Gasteiger charge is -2.36. The van der Waals surface area contributed by atoms with Crippen LogP contribution in [0.25, 0.3) is 0 Å². The van der Waals surface area contributed by atoms with Crippen LogP contribution >= 0.6 is 0 Å². The zero-order valence-electron chi connectivity index (χ0n) is 17.0. The van der Waals surface area contributed by atoms with Crippen molar-refractivity contribution in [2.75, 3.05) is 33.2 Å². The monoisotopic (exact) mass is 437 g/mol. The van der Waals surface area contributed by atoms with E-state index in [4.69, 9.17) is 0 Å². The van der Waals surface area contributed by atoms with E-state index in [1.165, 1.54) is 16.4 Å². The quantitative estimate of drug-likeness (QED) is 0.696. The summed E-state index contributed by atoms with van der Waals surface area (Å²) in [7, 11) is -1.89. The molecule has 0 saturated carbocycles. The van der Waals surface area contributed by atoms with Gasteiger partial charge < -0.3 is 4.90 Å². The van der Waals surface area contributed by atoms with Gasteiger partial charge in [0.1, 0.15) is 11.6 Å². The van der Waals surface area contributed by atoms with Crippen LogP contribution in [0.5, 0.6) is 0 Å². The standard InChI is InChI=1S/C21H25F2N3O3S/c1-16(24(2)15-17-8-9-18(22)14-20(17)23)21(27)25-10-12-26(13-11-25)30(28,29)19-6-4-3-5-7-19/h3-9,14,16H,10-13,15H2,1-2H3/t16-/m1/s1. The zero-order chi connectivity index (χ0) is 21.9. The number of nitrogens with zero attached hydrogens (tertiary/aromatic N) is 3. The number of carbonyl (C=O) groups excluding carboxylic acids is 1. The van der Waals surface area contributed by atoms with Gasteiger partial charge >= 0.3 is 0 Å². The number of hydrogen-bond acceptors (Lipinski definition) is 4. The Labute approximate surface area is 175 Å². The van der Waals surface area contributed by atoms with Crippen molar-refractivity contribution in [1.82, 2.24) is 14.1 Å². The van der Waals surface area contributed by atoms with Gasteiger partial charge in [0.25, 0.3) is 0 Å². The fourth-order valence-corrected chi connectivity index (χ4v) is 4.84. The van der Waals surface area contributed by atoms with Crippen molar-refractivity contribution in [2.45, 2.75) is 24.4 Å². The molecule has 0 N–H and O–H groups in total. The summed E-state index contributed by atoms with van der Waals surface area (Å²) in [6, 6.07) is 11.1. The van der Waals surface area contributed by atoms with Crippen molar-refractivity contribution < 1.29 is 22.0 Å². The van der Waals surface area contributed by atoms with E-state index in [0.29, 0.717) is 5.56 Å². The Balaban J connectivity index is 1.59. The van der Waals surface area contributed by atoms with E-state index in [1.807, 2.05) is 0 Å². The third kappa shape index (κ3) is 4.85. The maximum absolute atomic E-state index is 13.9. The minimum Gasteiger partial charge on any atom is -0.339 e. The van der Waals surface area contributed by atoms with Gasteiger partial charge in [0.05, 0.1) is 10.9 Å². The first-order valence-electron chi connectivity index (χ1n) is 9.68. The SMILES string of the molecule is C[C@H](C(=O)N1CCN(S(=O)(=O)c2ccccc2)CC1)N(C)Cc1ccc(F)cc1F. The first-order chi connectivity index (χ1) is 14.2. The number of benzene rings is 2. The molecule has 0 aromatic heterocycles. The third-order valence-electron chi connectivity index (χ3n) is 5.38. The second-order valence-electron chi connectivity index (χ2n) is 7.37. The van der Waals surface area contributed by atoms with Gasteiger partial charge in [0.2, 0.25) is 15.9 Å². The summed E-state index contributed by atoms with van der Waals surface area (Å²) < 4.78 is 53.8. The second-order valence-corrected chi connectivity index (χ2v) is 9.31. The number of sulfonamides is 1. The predicted octanol–water partition coefficient (Wildman–Crippen LogP) is 2.32. The molecule has 1 saturated heterocycles. The summed E-state index contributed by atoms with van der Waals surface area (Å²) in [6.07, 6.45) is 0. The largest absolute Gasteiger partial charge is 0.339 e. The summed E-state index contributed by atoms with van der Waals surface area (Å²) in [4.78, 5) is 16.4. The molecule has 1 fully saturated rings. The first-order valence-corrected chi connectivity index (χ1v) is 11.1. The van der Waals surface area contributed by atoms with Crippen LogP contribution in [0.15, 0.2) is 53.4 Å². The number of hydrogen-bond donors (Lipinski definition) is 0. The van der Waals surface area contributed by atoms with Crippen LogP contribution in [0, 0.1) is 11.6 Å². The molecule has 0 spiro atoms. The Hall–Kier alpha value is -2.36. The molecule has 0 bridgehead atoms. The number of rotatable bonds is 6. The predicted molar refractivity (Wildman–Crippen MR) is 109 cm³/mol. The highest BCUT2D eigenvalue weighted by atomic mass is 32.2. The van der Waals surface area contributed by atoms with Crippen molar-refractivity contribution in [3.8, 4) is 0 Å². The Morgan fingerprint density at radius 1 is 1.07 bits per heavy atom. The highest BCUT2D eigenvalue weighted by Crippen LogP contribution is 2.19. The fourth-order valence-electron chi connectivity index (χ4n) is 3.40. The lowest BCUT2D eigenvalue weighted by molar-refractivity contribution is -0.137. The van der Waals surface area contributed by atoms with Gasteiger partial charge in [0.15, 0.2) is 0 Å². The van der Waals surface area contributed by atoms with Crippen molar-refractivity contribution in [3.05, 3.63) is 65.7 Å². The molecule has 0 aliphatic carbocycles. The number of piperazine rings is 1. The van der Waals surface area contributed by atoms with Gasteiger partial charge in [-0.15, -0.1) is 0 Å². The number of amides is 1. The van der Waals surface area contributed by atoms with Crippen molar-refractivity contribution in [1.29, 1.82) is 0 Å². The molecular formula is C21H25F2N3O3S. The van der Waals surface area contributed by atoms with Gasteiger partial charge in [-0.25, -0.2) is 17.2 Å². The molecule has 1 amide bonds. The van der Waals surface area contributed by atoms with Crippen LogP contribution in [-0.2, 0) is 21.4 Å². The topological polar surface area (TPSA) is 60.9 Å². The molecule has 162 valence electrons. The van der Waals surface area contributed by atoms with Gasteiger partial charge in [0, 0.05) is 44.4 Å². The summed E-state index contributed by atoms with van der Waals surface area (Å²) in [5, 5.41) is 0. The van der Waals surface area contributed by atoms with Gasteiger partial charge in [-0.2, -0.15) is 4.31 Å². The Morgan fingerprint density at radius 2 is 1.70 bits per heavy atom. The van der Waals surface area contributed by atoms with Crippen LogP contribution in [0.4, 0.5) is 8.78 Å². The van der Waals surface area contributed by atoms with Crippen molar-refractivity contribution in [2.24, 2.45) is 0 Å². The highest BCUT2D eigenvalue weighted by molar-refractivity contribution is 7.89. The van der Waals surface area contributed by atoms with Crippen molar-refractivity contribution in [3.63, 3.8) is 0 Å². The molecule has 1 atom stereocenters. The number of halogens is 2. The molecular weight excluding hydrogens is 412 g/mol. The van der Waals surface area contributed by atoms with E-state index >= 15 is 0 Å². The zero-order valence-corrected chi connectivity index (χ0v) is 17.8. The third-order valence-corrected chi connectivity index (χ3v) is 7.30. The van der Waals surface area contributed by atoms with E-state index in [-0.39, 0.29) is 43.5 Å². The molecule has 1 heterocycles. The molecule has 1 aliphatic rings. The molecule has 3 rings (SSSR count). The van der Waals surface area contributed by atoms with E-state index in [2.05, 4.69) is 0 Å². The van der Waals surface area contributed by atoms with E-state index in [0.717, 1.165) is 6.07 Å². The number of carbonyl (C=O) groups is 1. The molecule has 2 aromatic rings. The molecule has 6 nitrogen and oxygen atoms in total. The molecule has 2 aromatic carbocycles. The van der Waals surface area contributed by atoms with Crippen molar-refractivity contribution >= 4 is 15.9 Å². The van der Waals surface area contributed by atoms with Crippen LogP contribution in [0.3, 0.4) is 0 Å². The Kier molecular flexibility index (Phi) is 6.84. The lowest BCUT2D eigenvalue weighted by Crippen LogP contribution is -2.54.